The average Bonchev–Trinajstić information content (AvgIpc) is 2.22. The maximum Gasteiger partial charge on any atom is 0.310 e. The first kappa shape index (κ1) is 14.4. The highest BCUT2D eigenvalue weighted by atomic mass is 16.5. The number of carbonyl (C=O) groups is 1. The molecule has 0 aromatic carbocycles. The number of rotatable bonds is 8. The van der Waals surface area contributed by atoms with Gasteiger partial charge < -0.3 is 10.1 Å². The van der Waals surface area contributed by atoms with Gasteiger partial charge in [-0.05, 0) is 18.9 Å². The second-order valence-corrected chi connectivity index (χ2v) is 4.28. The van der Waals surface area contributed by atoms with Gasteiger partial charge in [-0.2, -0.15) is 0 Å². The number of hydrogen-bond donors (Lipinski definition) is 1. The first-order chi connectivity index (χ1) is 7.13. The summed E-state index contributed by atoms with van der Waals surface area (Å²) in [5, 5.41) is 3.32. The lowest BCUT2D eigenvalue weighted by atomic mass is 9.96. The summed E-state index contributed by atoms with van der Waals surface area (Å²) in [6, 6.07) is 0. The molecule has 0 fully saturated rings. The minimum atomic E-state index is -0.104. The standard InChI is InChI=1S/C12H25NO2/c1-5-6-7-8-13-9-11(10(2)3)12(14)15-4/h10-11,13H,5-9H2,1-4H3. The van der Waals surface area contributed by atoms with Crippen LogP contribution in [0.4, 0.5) is 0 Å². The van der Waals surface area contributed by atoms with Gasteiger partial charge in [-0.25, -0.2) is 0 Å². The Morgan fingerprint density at radius 3 is 2.47 bits per heavy atom. The van der Waals surface area contributed by atoms with Crippen molar-refractivity contribution in [3.05, 3.63) is 0 Å². The molecule has 1 unspecified atom stereocenters. The van der Waals surface area contributed by atoms with Gasteiger partial charge >= 0.3 is 5.97 Å². The lowest BCUT2D eigenvalue weighted by Crippen LogP contribution is -2.33. The first-order valence-electron chi connectivity index (χ1n) is 5.92. The average molecular weight is 215 g/mol. The molecule has 0 aromatic rings. The maximum atomic E-state index is 11.4. The normalized spacial score (nSPS) is 12.9. The Kier molecular flexibility index (Phi) is 8.38. The van der Waals surface area contributed by atoms with E-state index in [0.29, 0.717) is 5.92 Å². The van der Waals surface area contributed by atoms with Gasteiger partial charge in [0.25, 0.3) is 0 Å². The van der Waals surface area contributed by atoms with E-state index in [1.54, 1.807) is 0 Å². The molecule has 90 valence electrons. The first-order valence-corrected chi connectivity index (χ1v) is 5.92. The molecule has 0 aliphatic rings. The van der Waals surface area contributed by atoms with Crippen molar-refractivity contribution in [2.45, 2.75) is 40.0 Å². The van der Waals surface area contributed by atoms with Crippen molar-refractivity contribution in [3.63, 3.8) is 0 Å². The number of esters is 1. The topological polar surface area (TPSA) is 38.3 Å². The van der Waals surface area contributed by atoms with Crippen LogP contribution in [0.2, 0.25) is 0 Å². The number of carbonyl (C=O) groups excluding carboxylic acids is 1. The van der Waals surface area contributed by atoms with E-state index in [9.17, 15) is 4.79 Å². The second-order valence-electron chi connectivity index (χ2n) is 4.28. The zero-order valence-electron chi connectivity index (χ0n) is 10.5. The monoisotopic (exact) mass is 215 g/mol. The predicted octanol–water partition coefficient (Wildman–Crippen LogP) is 2.21. The predicted molar refractivity (Wildman–Crippen MR) is 62.7 cm³/mol. The van der Waals surface area contributed by atoms with Crippen molar-refractivity contribution >= 4 is 5.97 Å². The van der Waals surface area contributed by atoms with E-state index in [1.807, 2.05) is 0 Å². The van der Waals surface area contributed by atoms with E-state index in [0.717, 1.165) is 13.1 Å². The zero-order chi connectivity index (χ0) is 11.7. The number of ether oxygens (including phenoxy) is 1. The van der Waals surface area contributed by atoms with Crippen LogP contribution >= 0.6 is 0 Å². The smallest absolute Gasteiger partial charge is 0.310 e. The van der Waals surface area contributed by atoms with E-state index in [-0.39, 0.29) is 11.9 Å². The van der Waals surface area contributed by atoms with E-state index < -0.39 is 0 Å². The van der Waals surface area contributed by atoms with E-state index >= 15 is 0 Å². The van der Waals surface area contributed by atoms with E-state index in [2.05, 4.69) is 26.1 Å². The fourth-order valence-corrected chi connectivity index (χ4v) is 1.50. The summed E-state index contributed by atoms with van der Waals surface area (Å²) in [6.07, 6.45) is 3.66. The minimum Gasteiger partial charge on any atom is -0.469 e. The minimum absolute atomic E-state index is 0.0170. The summed E-state index contributed by atoms with van der Waals surface area (Å²) < 4.78 is 4.77. The lowest BCUT2D eigenvalue weighted by Gasteiger charge is -2.18. The summed E-state index contributed by atoms with van der Waals surface area (Å²) in [5.74, 6) is 0.209. The molecule has 0 radical (unpaired) electrons. The molecule has 0 aliphatic heterocycles. The van der Waals surface area contributed by atoms with E-state index in [4.69, 9.17) is 4.74 Å². The summed E-state index contributed by atoms with van der Waals surface area (Å²) in [5.41, 5.74) is 0. The molecule has 0 rings (SSSR count). The molecule has 0 amide bonds. The largest absolute Gasteiger partial charge is 0.469 e. The van der Waals surface area contributed by atoms with Gasteiger partial charge in [0.2, 0.25) is 0 Å². The molecular formula is C12H25NO2. The van der Waals surface area contributed by atoms with Crippen LogP contribution in [0, 0.1) is 11.8 Å². The van der Waals surface area contributed by atoms with Gasteiger partial charge in [0, 0.05) is 6.54 Å². The van der Waals surface area contributed by atoms with Crippen LogP contribution in [-0.2, 0) is 9.53 Å². The fourth-order valence-electron chi connectivity index (χ4n) is 1.50. The van der Waals surface area contributed by atoms with Gasteiger partial charge in [0.1, 0.15) is 0 Å². The molecule has 15 heavy (non-hydrogen) atoms. The van der Waals surface area contributed by atoms with E-state index in [1.165, 1.54) is 26.4 Å². The summed E-state index contributed by atoms with van der Waals surface area (Å²) >= 11 is 0. The van der Waals surface area contributed by atoms with Crippen LogP contribution in [0.1, 0.15) is 40.0 Å². The third-order valence-corrected chi connectivity index (χ3v) is 2.63. The van der Waals surface area contributed by atoms with Crippen molar-refractivity contribution in [1.29, 1.82) is 0 Å². The lowest BCUT2D eigenvalue weighted by molar-refractivity contribution is -0.146. The Morgan fingerprint density at radius 1 is 1.33 bits per heavy atom. The molecule has 0 saturated carbocycles. The zero-order valence-corrected chi connectivity index (χ0v) is 10.5. The van der Waals surface area contributed by atoms with Crippen LogP contribution in [0.15, 0.2) is 0 Å². The Bertz CT molecular complexity index is 169. The summed E-state index contributed by atoms with van der Waals surface area (Å²) in [4.78, 5) is 11.4. The fraction of sp³-hybridized carbons (Fsp3) is 0.917. The highest BCUT2D eigenvalue weighted by molar-refractivity contribution is 5.72. The quantitative estimate of drug-likeness (QED) is 0.498. The molecule has 1 N–H and O–H groups in total. The van der Waals surface area contributed by atoms with Crippen molar-refractivity contribution < 1.29 is 9.53 Å². The Morgan fingerprint density at radius 2 is 2.00 bits per heavy atom. The van der Waals surface area contributed by atoms with Crippen molar-refractivity contribution in [1.82, 2.24) is 5.32 Å². The molecule has 0 aliphatic carbocycles. The second kappa shape index (κ2) is 8.72. The molecule has 3 heteroatoms. The van der Waals surface area contributed by atoms with Crippen molar-refractivity contribution in [2.75, 3.05) is 20.2 Å². The SMILES string of the molecule is CCCCCNCC(C(=O)OC)C(C)C. The number of methoxy groups -OCH3 is 1. The summed E-state index contributed by atoms with van der Waals surface area (Å²) in [6.45, 7) is 8.01. The van der Waals surface area contributed by atoms with Crippen LogP contribution in [0.25, 0.3) is 0 Å². The number of nitrogens with one attached hydrogen (secondary N) is 1. The van der Waals surface area contributed by atoms with Gasteiger partial charge in [0.05, 0.1) is 13.0 Å². The number of hydrogen-bond acceptors (Lipinski definition) is 3. The highest BCUT2D eigenvalue weighted by Gasteiger charge is 2.21. The molecular weight excluding hydrogens is 190 g/mol. The Balaban J connectivity index is 3.72. The molecule has 0 aromatic heterocycles. The van der Waals surface area contributed by atoms with Gasteiger partial charge in [-0.15, -0.1) is 0 Å². The van der Waals surface area contributed by atoms with Crippen molar-refractivity contribution in [2.24, 2.45) is 11.8 Å². The molecule has 0 bridgehead atoms. The Hall–Kier alpha value is -0.570. The van der Waals surface area contributed by atoms with Crippen molar-refractivity contribution in [3.8, 4) is 0 Å². The molecule has 1 atom stereocenters. The van der Waals surface area contributed by atoms with Crippen LogP contribution in [0.5, 0.6) is 0 Å². The molecule has 0 heterocycles. The van der Waals surface area contributed by atoms with Crippen LogP contribution < -0.4 is 5.32 Å². The van der Waals surface area contributed by atoms with Crippen LogP contribution in [0.3, 0.4) is 0 Å². The van der Waals surface area contributed by atoms with Gasteiger partial charge in [-0.3, -0.25) is 4.79 Å². The highest BCUT2D eigenvalue weighted by Crippen LogP contribution is 2.11. The third kappa shape index (κ3) is 6.50. The summed E-state index contributed by atoms with van der Waals surface area (Å²) in [7, 11) is 1.45. The molecule has 0 saturated heterocycles. The molecule has 0 spiro atoms. The van der Waals surface area contributed by atoms with Crippen LogP contribution in [-0.4, -0.2) is 26.2 Å². The molecule has 3 nitrogen and oxygen atoms in total. The number of unbranched alkanes of at least 4 members (excludes halogenated alkanes) is 2. The van der Waals surface area contributed by atoms with Gasteiger partial charge in [0.15, 0.2) is 0 Å². The Labute approximate surface area is 93.6 Å². The third-order valence-electron chi connectivity index (χ3n) is 2.63. The van der Waals surface area contributed by atoms with Gasteiger partial charge in [-0.1, -0.05) is 33.6 Å². The maximum absolute atomic E-state index is 11.4.